The molecule has 0 bridgehead atoms. The van der Waals surface area contributed by atoms with E-state index in [0.29, 0.717) is 12.6 Å². The normalized spacial score (nSPS) is 12.2. The SMILES string of the molecule is CCC(C)N(C)CCNC(=O)NCC(=O)O. The summed E-state index contributed by atoms with van der Waals surface area (Å²) in [6.45, 7) is 5.12. The van der Waals surface area contributed by atoms with Gasteiger partial charge in [0.25, 0.3) is 0 Å². The molecule has 0 saturated carbocycles. The Balaban J connectivity index is 3.57. The molecule has 0 aromatic carbocycles. The zero-order valence-electron chi connectivity index (χ0n) is 10.1. The zero-order chi connectivity index (χ0) is 12.6. The molecule has 94 valence electrons. The van der Waals surface area contributed by atoms with Crippen LogP contribution in [0.15, 0.2) is 0 Å². The first-order valence-electron chi connectivity index (χ1n) is 5.41. The van der Waals surface area contributed by atoms with Gasteiger partial charge in [0.2, 0.25) is 0 Å². The van der Waals surface area contributed by atoms with Crippen molar-refractivity contribution < 1.29 is 14.7 Å². The highest BCUT2D eigenvalue weighted by atomic mass is 16.4. The van der Waals surface area contributed by atoms with Crippen LogP contribution in [0.4, 0.5) is 4.79 Å². The summed E-state index contributed by atoms with van der Waals surface area (Å²) in [5.41, 5.74) is 0. The number of carbonyl (C=O) groups excluding carboxylic acids is 1. The lowest BCUT2D eigenvalue weighted by atomic mass is 10.2. The third-order valence-electron chi connectivity index (χ3n) is 2.49. The zero-order valence-corrected chi connectivity index (χ0v) is 10.1. The van der Waals surface area contributed by atoms with Crippen LogP contribution in [-0.4, -0.2) is 54.7 Å². The summed E-state index contributed by atoms with van der Waals surface area (Å²) in [5.74, 6) is -1.05. The number of nitrogens with zero attached hydrogens (tertiary/aromatic N) is 1. The van der Waals surface area contributed by atoms with Crippen molar-refractivity contribution >= 4 is 12.0 Å². The van der Waals surface area contributed by atoms with Crippen molar-refractivity contribution in [3.05, 3.63) is 0 Å². The fourth-order valence-electron chi connectivity index (χ4n) is 1.10. The second-order valence-corrected chi connectivity index (χ2v) is 3.74. The average molecular weight is 231 g/mol. The van der Waals surface area contributed by atoms with Crippen molar-refractivity contribution in [3.8, 4) is 0 Å². The van der Waals surface area contributed by atoms with Crippen molar-refractivity contribution in [3.63, 3.8) is 0 Å². The Labute approximate surface area is 96.0 Å². The minimum Gasteiger partial charge on any atom is -0.480 e. The van der Waals surface area contributed by atoms with Crippen molar-refractivity contribution in [2.24, 2.45) is 0 Å². The molecule has 0 fully saturated rings. The molecule has 6 heteroatoms. The number of carbonyl (C=O) groups is 2. The van der Waals surface area contributed by atoms with Gasteiger partial charge in [-0.15, -0.1) is 0 Å². The number of amides is 2. The van der Waals surface area contributed by atoms with E-state index in [9.17, 15) is 9.59 Å². The van der Waals surface area contributed by atoms with Gasteiger partial charge in [-0.1, -0.05) is 6.92 Å². The lowest BCUT2D eigenvalue weighted by Crippen LogP contribution is -2.42. The van der Waals surface area contributed by atoms with Gasteiger partial charge in [0, 0.05) is 19.1 Å². The second kappa shape index (κ2) is 7.92. The maximum atomic E-state index is 11.1. The summed E-state index contributed by atoms with van der Waals surface area (Å²) < 4.78 is 0. The average Bonchev–Trinajstić information content (AvgIpc) is 2.24. The van der Waals surface area contributed by atoms with E-state index < -0.39 is 12.0 Å². The monoisotopic (exact) mass is 231 g/mol. The van der Waals surface area contributed by atoms with Gasteiger partial charge in [0.1, 0.15) is 6.54 Å². The van der Waals surface area contributed by atoms with Crippen LogP contribution in [0.2, 0.25) is 0 Å². The van der Waals surface area contributed by atoms with Gasteiger partial charge in [-0.05, 0) is 20.4 Å². The molecule has 0 aliphatic heterocycles. The first-order valence-corrected chi connectivity index (χ1v) is 5.41. The second-order valence-electron chi connectivity index (χ2n) is 3.74. The molecule has 0 aliphatic rings. The van der Waals surface area contributed by atoms with Crippen molar-refractivity contribution in [2.45, 2.75) is 26.3 Å². The molecule has 0 heterocycles. The van der Waals surface area contributed by atoms with Crippen LogP contribution in [0.3, 0.4) is 0 Å². The lowest BCUT2D eigenvalue weighted by molar-refractivity contribution is -0.135. The highest BCUT2D eigenvalue weighted by Crippen LogP contribution is 1.97. The standard InChI is InChI=1S/C10H21N3O3/c1-4-8(2)13(3)6-5-11-10(16)12-7-9(14)15/h8H,4-7H2,1-3H3,(H,14,15)(H2,11,12,16). The molecule has 6 nitrogen and oxygen atoms in total. The number of carboxylic acids is 1. The van der Waals surface area contributed by atoms with Gasteiger partial charge in [-0.3, -0.25) is 4.79 Å². The highest BCUT2D eigenvalue weighted by Gasteiger charge is 2.07. The number of nitrogens with one attached hydrogen (secondary N) is 2. The third kappa shape index (κ3) is 7.05. The summed E-state index contributed by atoms with van der Waals surface area (Å²) in [5, 5.41) is 13.2. The Morgan fingerprint density at radius 3 is 2.50 bits per heavy atom. The summed E-state index contributed by atoms with van der Waals surface area (Å²) in [6, 6.07) is 0.0313. The maximum absolute atomic E-state index is 11.1. The summed E-state index contributed by atoms with van der Waals surface area (Å²) in [6.07, 6.45) is 1.06. The first kappa shape index (κ1) is 14.7. The Morgan fingerprint density at radius 1 is 1.38 bits per heavy atom. The van der Waals surface area contributed by atoms with Gasteiger partial charge in [-0.2, -0.15) is 0 Å². The number of urea groups is 1. The number of hydrogen-bond donors (Lipinski definition) is 3. The molecule has 0 aromatic rings. The van der Waals surface area contributed by atoms with E-state index in [1.54, 1.807) is 0 Å². The van der Waals surface area contributed by atoms with Crippen LogP contribution in [0.5, 0.6) is 0 Å². The van der Waals surface area contributed by atoms with Crippen LogP contribution in [0.1, 0.15) is 20.3 Å². The van der Waals surface area contributed by atoms with E-state index in [2.05, 4.69) is 29.4 Å². The van der Waals surface area contributed by atoms with Crippen LogP contribution >= 0.6 is 0 Å². The summed E-state index contributed by atoms with van der Waals surface area (Å²) >= 11 is 0. The van der Waals surface area contributed by atoms with Crippen LogP contribution in [-0.2, 0) is 4.79 Å². The molecule has 16 heavy (non-hydrogen) atoms. The minimum absolute atomic E-state index is 0.354. The van der Waals surface area contributed by atoms with Crippen LogP contribution in [0.25, 0.3) is 0 Å². The molecule has 2 amide bonds. The molecule has 1 atom stereocenters. The van der Waals surface area contributed by atoms with Crippen LogP contribution < -0.4 is 10.6 Å². The molecular formula is C10H21N3O3. The van der Waals surface area contributed by atoms with E-state index in [1.165, 1.54) is 0 Å². The van der Waals surface area contributed by atoms with Gasteiger partial charge >= 0.3 is 12.0 Å². The number of likely N-dealkylation sites (N-methyl/N-ethyl adjacent to an activating group) is 1. The largest absolute Gasteiger partial charge is 0.480 e. The number of aliphatic carboxylic acids is 1. The molecule has 0 aliphatic carbocycles. The van der Waals surface area contributed by atoms with Crippen LogP contribution in [0, 0.1) is 0 Å². The van der Waals surface area contributed by atoms with E-state index in [0.717, 1.165) is 13.0 Å². The molecule has 1 unspecified atom stereocenters. The minimum atomic E-state index is -1.05. The third-order valence-corrected chi connectivity index (χ3v) is 2.49. The number of hydrogen-bond acceptors (Lipinski definition) is 3. The topological polar surface area (TPSA) is 81.7 Å². The Morgan fingerprint density at radius 2 is 2.00 bits per heavy atom. The first-order chi connectivity index (χ1) is 7.47. The van der Waals surface area contributed by atoms with Gasteiger partial charge in [-0.25, -0.2) is 4.79 Å². The Bertz CT molecular complexity index is 233. The van der Waals surface area contributed by atoms with Gasteiger partial charge in [0.15, 0.2) is 0 Å². The maximum Gasteiger partial charge on any atom is 0.323 e. The lowest BCUT2D eigenvalue weighted by Gasteiger charge is -2.23. The molecule has 0 rings (SSSR count). The highest BCUT2D eigenvalue weighted by molar-refractivity contribution is 5.79. The summed E-state index contributed by atoms with van der Waals surface area (Å²) in [4.78, 5) is 23.4. The van der Waals surface area contributed by atoms with Crippen molar-refractivity contribution in [1.82, 2.24) is 15.5 Å². The van der Waals surface area contributed by atoms with E-state index in [4.69, 9.17) is 5.11 Å². The predicted octanol–water partition coefficient (Wildman–Crippen LogP) is 0.101. The molecular weight excluding hydrogens is 210 g/mol. The smallest absolute Gasteiger partial charge is 0.323 e. The molecule has 0 saturated heterocycles. The van der Waals surface area contributed by atoms with Crippen molar-refractivity contribution in [1.29, 1.82) is 0 Å². The van der Waals surface area contributed by atoms with Crippen molar-refractivity contribution in [2.75, 3.05) is 26.7 Å². The Hall–Kier alpha value is -1.30. The fraction of sp³-hybridized carbons (Fsp3) is 0.800. The van der Waals surface area contributed by atoms with E-state index >= 15 is 0 Å². The van der Waals surface area contributed by atoms with Gasteiger partial charge < -0.3 is 20.6 Å². The molecule has 0 aromatic heterocycles. The van der Waals surface area contributed by atoms with E-state index in [1.807, 2.05) is 7.05 Å². The molecule has 0 spiro atoms. The predicted molar refractivity (Wildman–Crippen MR) is 61.4 cm³/mol. The summed E-state index contributed by atoms with van der Waals surface area (Å²) in [7, 11) is 1.99. The molecule has 0 radical (unpaired) electrons. The fourth-order valence-corrected chi connectivity index (χ4v) is 1.10. The number of carboxylic acid groups (broad SMARTS) is 1. The Kier molecular flexibility index (Phi) is 7.28. The number of rotatable bonds is 7. The van der Waals surface area contributed by atoms with Gasteiger partial charge in [0.05, 0.1) is 0 Å². The van der Waals surface area contributed by atoms with E-state index in [-0.39, 0.29) is 6.54 Å². The quantitative estimate of drug-likeness (QED) is 0.580. The molecule has 3 N–H and O–H groups in total.